The van der Waals surface area contributed by atoms with Gasteiger partial charge in [-0.05, 0) is 55.9 Å². The van der Waals surface area contributed by atoms with Crippen LogP contribution in [0.25, 0.3) is 5.69 Å². The van der Waals surface area contributed by atoms with Crippen LogP contribution in [0.2, 0.25) is 0 Å². The van der Waals surface area contributed by atoms with Crippen LogP contribution in [0.5, 0.6) is 0 Å². The number of para-hydroxylation sites is 1. The van der Waals surface area contributed by atoms with Crippen LogP contribution in [0, 0.1) is 0 Å². The molecule has 0 saturated heterocycles. The van der Waals surface area contributed by atoms with E-state index < -0.39 is 5.97 Å². The maximum Gasteiger partial charge on any atom is 0.359 e. The summed E-state index contributed by atoms with van der Waals surface area (Å²) < 4.78 is 7.07. The van der Waals surface area contributed by atoms with Gasteiger partial charge < -0.3 is 10.1 Å². The van der Waals surface area contributed by atoms with Crippen molar-refractivity contribution < 1.29 is 14.3 Å². The zero-order chi connectivity index (χ0) is 20.2. The molecule has 0 atom stereocenters. The highest BCUT2D eigenvalue weighted by Crippen LogP contribution is 2.28. The second kappa shape index (κ2) is 8.53. The first-order chi connectivity index (χ1) is 14.2. The number of carbonyl (C=O) groups is 2. The number of aromatic nitrogens is 2. The van der Waals surface area contributed by atoms with E-state index in [1.807, 2.05) is 59.5 Å². The summed E-state index contributed by atoms with van der Waals surface area (Å²) in [6.07, 6.45) is 4.61. The molecule has 0 aliphatic heterocycles. The topological polar surface area (TPSA) is 73.2 Å². The third-order valence-corrected chi connectivity index (χ3v) is 5.54. The number of benzene rings is 2. The maximum absolute atomic E-state index is 12.6. The summed E-state index contributed by atoms with van der Waals surface area (Å²) in [5.41, 5.74) is 3.86. The van der Waals surface area contributed by atoms with Crippen LogP contribution in [0.1, 0.15) is 28.2 Å². The van der Waals surface area contributed by atoms with Gasteiger partial charge in [-0.25, -0.2) is 9.48 Å². The fourth-order valence-electron chi connectivity index (χ4n) is 3.48. The van der Waals surface area contributed by atoms with Gasteiger partial charge in [0.05, 0.1) is 5.69 Å². The van der Waals surface area contributed by atoms with E-state index in [0.29, 0.717) is 11.4 Å². The number of anilines is 1. The molecule has 7 heteroatoms. The average Bonchev–Trinajstić information content (AvgIpc) is 3.35. The SMILES string of the molecule is CSc1cccc(NC(=O)COC(=O)c2nn(-c3ccccc3)c3c2CCC3)c1. The lowest BCUT2D eigenvalue weighted by molar-refractivity contribution is -0.119. The molecule has 1 amide bonds. The van der Waals surface area contributed by atoms with E-state index in [1.165, 1.54) is 0 Å². The van der Waals surface area contributed by atoms with Gasteiger partial charge in [-0.1, -0.05) is 24.3 Å². The third kappa shape index (κ3) is 4.19. The molecule has 0 unspecified atom stereocenters. The van der Waals surface area contributed by atoms with Gasteiger partial charge >= 0.3 is 5.97 Å². The highest BCUT2D eigenvalue weighted by Gasteiger charge is 2.28. The van der Waals surface area contributed by atoms with Gasteiger partial charge in [0, 0.05) is 21.8 Å². The number of nitrogens with one attached hydrogen (secondary N) is 1. The fraction of sp³-hybridized carbons (Fsp3) is 0.227. The van der Waals surface area contributed by atoms with Gasteiger partial charge in [-0.2, -0.15) is 5.10 Å². The number of amides is 1. The number of carbonyl (C=O) groups excluding carboxylic acids is 2. The maximum atomic E-state index is 12.6. The molecule has 1 N–H and O–H groups in total. The first-order valence-electron chi connectivity index (χ1n) is 9.43. The van der Waals surface area contributed by atoms with Gasteiger partial charge in [0.2, 0.25) is 0 Å². The Bertz CT molecular complexity index is 1050. The normalized spacial score (nSPS) is 12.4. The van der Waals surface area contributed by atoms with Crippen molar-refractivity contribution in [2.45, 2.75) is 24.2 Å². The molecule has 1 aliphatic rings. The Hall–Kier alpha value is -3.06. The number of rotatable bonds is 6. The Morgan fingerprint density at radius 2 is 1.97 bits per heavy atom. The molecule has 0 radical (unpaired) electrons. The van der Waals surface area contributed by atoms with Crippen molar-refractivity contribution in [3.8, 4) is 5.69 Å². The van der Waals surface area contributed by atoms with Crippen LogP contribution in [0.3, 0.4) is 0 Å². The van der Waals surface area contributed by atoms with Crippen molar-refractivity contribution in [2.24, 2.45) is 0 Å². The van der Waals surface area contributed by atoms with E-state index in [2.05, 4.69) is 10.4 Å². The lowest BCUT2D eigenvalue weighted by atomic mass is 10.2. The Morgan fingerprint density at radius 1 is 1.14 bits per heavy atom. The van der Waals surface area contributed by atoms with Crippen molar-refractivity contribution in [1.29, 1.82) is 0 Å². The van der Waals surface area contributed by atoms with Crippen molar-refractivity contribution >= 4 is 29.3 Å². The van der Waals surface area contributed by atoms with E-state index in [4.69, 9.17) is 4.74 Å². The molecule has 1 heterocycles. The molecule has 0 saturated carbocycles. The lowest BCUT2D eigenvalue weighted by Crippen LogP contribution is -2.21. The van der Waals surface area contributed by atoms with E-state index in [9.17, 15) is 9.59 Å². The second-order valence-electron chi connectivity index (χ2n) is 6.73. The molecule has 1 aliphatic carbocycles. The fourth-order valence-corrected chi connectivity index (χ4v) is 3.94. The third-order valence-electron chi connectivity index (χ3n) is 4.81. The number of esters is 1. The molecule has 1 aromatic heterocycles. The molecule has 29 heavy (non-hydrogen) atoms. The summed E-state index contributed by atoms with van der Waals surface area (Å²) in [6.45, 7) is -0.352. The number of hydrogen-bond donors (Lipinski definition) is 1. The minimum atomic E-state index is -0.564. The van der Waals surface area contributed by atoms with Gasteiger partial charge in [-0.15, -0.1) is 11.8 Å². The molecular weight excluding hydrogens is 386 g/mol. The number of nitrogens with zero attached hydrogens (tertiary/aromatic N) is 2. The summed E-state index contributed by atoms with van der Waals surface area (Å²) >= 11 is 1.59. The summed E-state index contributed by atoms with van der Waals surface area (Å²) in [4.78, 5) is 25.9. The molecular formula is C22H21N3O3S. The molecule has 0 bridgehead atoms. The Morgan fingerprint density at radius 3 is 2.76 bits per heavy atom. The minimum Gasteiger partial charge on any atom is -0.451 e. The average molecular weight is 407 g/mol. The zero-order valence-corrected chi connectivity index (χ0v) is 16.9. The van der Waals surface area contributed by atoms with E-state index >= 15 is 0 Å². The van der Waals surface area contributed by atoms with Crippen LogP contribution >= 0.6 is 11.8 Å². The summed E-state index contributed by atoms with van der Waals surface area (Å²) in [5, 5.41) is 7.25. The number of hydrogen-bond acceptors (Lipinski definition) is 5. The van der Waals surface area contributed by atoms with Crippen LogP contribution in [-0.4, -0.2) is 34.5 Å². The first kappa shape index (κ1) is 19.3. The van der Waals surface area contributed by atoms with Gasteiger partial charge in [0.15, 0.2) is 12.3 Å². The molecule has 0 spiro atoms. The summed E-state index contributed by atoms with van der Waals surface area (Å²) in [7, 11) is 0. The highest BCUT2D eigenvalue weighted by atomic mass is 32.2. The highest BCUT2D eigenvalue weighted by molar-refractivity contribution is 7.98. The molecule has 4 rings (SSSR count). The Kier molecular flexibility index (Phi) is 5.67. The number of thioether (sulfide) groups is 1. The lowest BCUT2D eigenvalue weighted by Gasteiger charge is -2.07. The van der Waals surface area contributed by atoms with Gasteiger partial charge in [0.25, 0.3) is 5.91 Å². The molecule has 6 nitrogen and oxygen atoms in total. The predicted octanol–water partition coefficient (Wildman–Crippen LogP) is 3.88. The minimum absolute atomic E-state index is 0.304. The van der Waals surface area contributed by atoms with Gasteiger partial charge in [0.1, 0.15) is 0 Å². The Labute approximate surface area is 173 Å². The van der Waals surface area contributed by atoms with Crippen LogP contribution < -0.4 is 5.32 Å². The van der Waals surface area contributed by atoms with E-state index in [1.54, 1.807) is 17.8 Å². The quantitative estimate of drug-likeness (QED) is 0.496. The molecule has 3 aromatic rings. The zero-order valence-electron chi connectivity index (χ0n) is 16.1. The Balaban J connectivity index is 1.44. The molecule has 0 fully saturated rings. The van der Waals surface area contributed by atoms with E-state index in [0.717, 1.165) is 41.1 Å². The number of fused-ring (bicyclic) bond motifs is 1. The predicted molar refractivity (Wildman–Crippen MR) is 113 cm³/mol. The largest absolute Gasteiger partial charge is 0.451 e. The molecule has 2 aromatic carbocycles. The standard InChI is InChI=1S/C22H21N3O3S/c1-29-17-10-5-7-15(13-17)23-20(26)14-28-22(27)21-18-11-6-12-19(18)25(24-21)16-8-3-2-4-9-16/h2-5,7-10,13H,6,11-12,14H2,1H3,(H,23,26). The first-order valence-corrected chi connectivity index (χ1v) is 10.7. The van der Waals surface area contributed by atoms with Crippen molar-refractivity contribution in [1.82, 2.24) is 9.78 Å². The van der Waals surface area contributed by atoms with Crippen LogP contribution in [0.15, 0.2) is 59.5 Å². The van der Waals surface area contributed by atoms with Crippen LogP contribution in [0.4, 0.5) is 5.69 Å². The van der Waals surface area contributed by atoms with Crippen molar-refractivity contribution in [3.05, 3.63) is 71.5 Å². The summed E-state index contributed by atoms with van der Waals surface area (Å²) in [5.74, 6) is -0.943. The molecule has 148 valence electrons. The van der Waals surface area contributed by atoms with Crippen LogP contribution in [-0.2, 0) is 22.4 Å². The van der Waals surface area contributed by atoms with Crippen molar-refractivity contribution in [3.63, 3.8) is 0 Å². The number of ether oxygens (including phenoxy) is 1. The van der Waals surface area contributed by atoms with Gasteiger partial charge in [-0.3, -0.25) is 4.79 Å². The summed E-state index contributed by atoms with van der Waals surface area (Å²) in [6, 6.07) is 17.2. The second-order valence-corrected chi connectivity index (χ2v) is 7.61. The monoisotopic (exact) mass is 407 g/mol. The smallest absolute Gasteiger partial charge is 0.359 e. The van der Waals surface area contributed by atoms with E-state index in [-0.39, 0.29) is 12.5 Å². The van der Waals surface area contributed by atoms with Crippen molar-refractivity contribution in [2.75, 3.05) is 18.2 Å².